The third kappa shape index (κ3) is 5.91. The lowest BCUT2D eigenvalue weighted by Gasteiger charge is -2.39. The molecule has 0 spiro atoms. The van der Waals surface area contributed by atoms with Gasteiger partial charge in [-0.05, 0) is 61.6 Å². The Balaban J connectivity index is 1.66. The van der Waals surface area contributed by atoms with Crippen LogP contribution < -0.4 is 14.8 Å². The molecule has 1 amide bonds. The van der Waals surface area contributed by atoms with Crippen LogP contribution in [0, 0.1) is 18.3 Å². The van der Waals surface area contributed by atoms with Crippen LogP contribution in [0.15, 0.2) is 47.4 Å². The molecular formula is C28H31ClN2O3S. The highest BCUT2D eigenvalue weighted by atomic mass is 35.5. The van der Waals surface area contributed by atoms with E-state index in [1.807, 2.05) is 54.3 Å². The number of hydrogen-bond donors (Lipinski definition) is 1. The third-order valence-corrected chi connectivity index (χ3v) is 7.75. The minimum atomic E-state index is -0.179. The number of hydrogen-bond acceptors (Lipinski definition) is 5. The van der Waals surface area contributed by atoms with Gasteiger partial charge in [-0.25, -0.2) is 0 Å². The van der Waals surface area contributed by atoms with Crippen molar-refractivity contribution in [3.05, 3.63) is 58.0 Å². The maximum Gasteiger partial charge on any atom is 0.262 e. The van der Waals surface area contributed by atoms with Crippen LogP contribution in [-0.4, -0.2) is 35.6 Å². The average Bonchev–Trinajstić information content (AvgIpc) is 3.14. The molecule has 1 aliphatic carbocycles. The van der Waals surface area contributed by atoms with Gasteiger partial charge >= 0.3 is 0 Å². The first-order valence-corrected chi connectivity index (χ1v) is 13.3. The molecule has 1 saturated heterocycles. The summed E-state index contributed by atoms with van der Waals surface area (Å²) >= 11 is 8.06. The van der Waals surface area contributed by atoms with Crippen LogP contribution >= 0.6 is 23.4 Å². The van der Waals surface area contributed by atoms with E-state index in [1.165, 1.54) is 6.42 Å². The minimum Gasteiger partial charge on any atom is -0.490 e. The van der Waals surface area contributed by atoms with Gasteiger partial charge in [0.1, 0.15) is 6.61 Å². The van der Waals surface area contributed by atoms with Crippen molar-refractivity contribution in [1.29, 1.82) is 0 Å². The largest absolute Gasteiger partial charge is 0.490 e. The Bertz CT molecular complexity index is 1120. The summed E-state index contributed by atoms with van der Waals surface area (Å²) in [6, 6.07) is 13.9. The Hall–Kier alpha value is -2.75. The number of anilines is 1. The van der Waals surface area contributed by atoms with E-state index >= 15 is 0 Å². The molecule has 1 heterocycles. The van der Waals surface area contributed by atoms with E-state index < -0.39 is 0 Å². The molecule has 7 heteroatoms. The fourth-order valence-corrected chi connectivity index (χ4v) is 6.19. The Labute approximate surface area is 217 Å². The number of rotatable bonds is 8. The fraction of sp³-hybridized carbons (Fsp3) is 0.393. The lowest BCUT2D eigenvalue weighted by molar-refractivity contribution is -0.129. The summed E-state index contributed by atoms with van der Waals surface area (Å²) < 4.78 is 11.4. The number of para-hydroxylation sites is 1. The third-order valence-electron chi connectivity index (χ3n) is 6.35. The number of ether oxygens (including phenoxy) is 2. The van der Waals surface area contributed by atoms with Crippen LogP contribution in [0.4, 0.5) is 5.69 Å². The SMILES string of the molecule is C#CCOc1c(Cl)cc(/C=C2\SC(Nc3ccccc3)N([C@@H]3CCCC[C@@H]3C)C2=O)cc1OCC. The van der Waals surface area contributed by atoms with E-state index in [4.69, 9.17) is 27.5 Å². The van der Waals surface area contributed by atoms with E-state index in [-0.39, 0.29) is 24.1 Å². The minimum absolute atomic E-state index is 0.0453. The average molecular weight is 511 g/mol. The number of thioether (sulfide) groups is 1. The van der Waals surface area contributed by atoms with Crippen molar-refractivity contribution in [3.8, 4) is 23.8 Å². The van der Waals surface area contributed by atoms with E-state index in [9.17, 15) is 4.79 Å². The maximum atomic E-state index is 13.7. The van der Waals surface area contributed by atoms with Crippen molar-refractivity contribution in [3.63, 3.8) is 0 Å². The van der Waals surface area contributed by atoms with E-state index in [0.29, 0.717) is 34.0 Å². The smallest absolute Gasteiger partial charge is 0.262 e. The molecule has 2 aromatic carbocycles. The Morgan fingerprint density at radius 3 is 2.71 bits per heavy atom. The molecule has 4 rings (SSSR count). The molecule has 2 fully saturated rings. The van der Waals surface area contributed by atoms with Crippen molar-refractivity contribution in [2.75, 3.05) is 18.5 Å². The van der Waals surface area contributed by atoms with Crippen LogP contribution in [0.25, 0.3) is 6.08 Å². The van der Waals surface area contributed by atoms with Crippen LogP contribution in [-0.2, 0) is 4.79 Å². The number of terminal acetylenes is 1. The zero-order chi connectivity index (χ0) is 24.8. The van der Waals surface area contributed by atoms with Gasteiger partial charge in [0.05, 0.1) is 16.5 Å². The second-order valence-electron chi connectivity index (χ2n) is 8.79. The molecular weight excluding hydrogens is 480 g/mol. The quantitative estimate of drug-likeness (QED) is 0.318. The van der Waals surface area contributed by atoms with Crippen molar-refractivity contribution in [2.45, 2.75) is 51.1 Å². The van der Waals surface area contributed by atoms with Crippen molar-refractivity contribution >= 4 is 41.0 Å². The van der Waals surface area contributed by atoms with E-state index in [2.05, 4.69) is 18.2 Å². The van der Waals surface area contributed by atoms with Gasteiger partial charge in [-0.15, -0.1) is 6.42 Å². The highest BCUT2D eigenvalue weighted by Gasteiger charge is 2.42. The van der Waals surface area contributed by atoms with E-state index in [0.717, 1.165) is 30.5 Å². The monoisotopic (exact) mass is 510 g/mol. The van der Waals surface area contributed by atoms with Gasteiger partial charge in [-0.2, -0.15) is 0 Å². The zero-order valence-electron chi connectivity index (χ0n) is 20.1. The number of carbonyl (C=O) groups excluding carboxylic acids is 1. The summed E-state index contributed by atoms with van der Waals surface area (Å²) in [5.41, 5.74) is 1.59. The Morgan fingerprint density at radius 1 is 1.23 bits per heavy atom. The first-order valence-electron chi connectivity index (χ1n) is 12.1. The summed E-state index contributed by atoms with van der Waals surface area (Å²) in [6.07, 6.45) is 11.8. The Kier molecular flexibility index (Phi) is 8.54. The molecule has 5 nitrogen and oxygen atoms in total. The molecule has 0 aromatic heterocycles. The molecule has 2 aromatic rings. The number of nitrogens with one attached hydrogen (secondary N) is 1. The Morgan fingerprint density at radius 2 is 2.00 bits per heavy atom. The zero-order valence-corrected chi connectivity index (χ0v) is 21.7. The van der Waals surface area contributed by atoms with Crippen LogP contribution in [0.1, 0.15) is 45.1 Å². The van der Waals surface area contributed by atoms with Gasteiger partial charge in [0.2, 0.25) is 0 Å². The lowest BCUT2D eigenvalue weighted by Crippen LogP contribution is -2.48. The number of halogens is 1. The predicted molar refractivity (Wildman–Crippen MR) is 145 cm³/mol. The molecule has 1 N–H and O–H groups in total. The van der Waals surface area contributed by atoms with Gasteiger partial charge in [0.15, 0.2) is 17.0 Å². The first kappa shape index (κ1) is 25.3. The van der Waals surface area contributed by atoms with Gasteiger partial charge in [0.25, 0.3) is 5.91 Å². The summed E-state index contributed by atoms with van der Waals surface area (Å²) in [5.74, 6) is 3.88. The highest BCUT2D eigenvalue weighted by Crippen LogP contribution is 2.43. The summed E-state index contributed by atoms with van der Waals surface area (Å²) in [5, 5.41) is 3.96. The summed E-state index contributed by atoms with van der Waals surface area (Å²) in [4.78, 5) is 16.5. The van der Waals surface area contributed by atoms with Crippen molar-refractivity contribution < 1.29 is 14.3 Å². The number of benzene rings is 2. The van der Waals surface area contributed by atoms with Gasteiger partial charge < -0.3 is 19.7 Å². The van der Waals surface area contributed by atoms with Gasteiger partial charge in [0, 0.05) is 11.7 Å². The summed E-state index contributed by atoms with van der Waals surface area (Å²) in [6.45, 7) is 4.69. The normalized spacial score (nSPS) is 23.3. The molecule has 1 aliphatic heterocycles. The van der Waals surface area contributed by atoms with Gasteiger partial charge in [-0.3, -0.25) is 4.79 Å². The van der Waals surface area contributed by atoms with Crippen LogP contribution in [0.2, 0.25) is 5.02 Å². The number of amides is 1. The molecule has 0 radical (unpaired) electrons. The second kappa shape index (κ2) is 11.8. The lowest BCUT2D eigenvalue weighted by atomic mass is 9.85. The molecule has 1 saturated carbocycles. The molecule has 3 atom stereocenters. The first-order chi connectivity index (χ1) is 17.0. The standard InChI is InChI=1S/C28H31ClN2O3S/c1-4-15-34-26-22(29)16-20(17-24(26)33-5-2)18-25-27(32)31(23-14-10-9-11-19(23)3)28(35-25)30-21-12-7-6-8-13-21/h1,6-8,12-13,16-19,23,28,30H,5,9-11,14-15H2,2-3H3/b25-18-/t19-,23+,28?/m0/s1. The molecule has 0 bridgehead atoms. The van der Waals surface area contributed by atoms with Crippen molar-refractivity contribution in [1.82, 2.24) is 4.90 Å². The fourth-order valence-electron chi connectivity index (χ4n) is 4.71. The topological polar surface area (TPSA) is 50.8 Å². The molecule has 35 heavy (non-hydrogen) atoms. The second-order valence-corrected chi connectivity index (χ2v) is 10.3. The highest BCUT2D eigenvalue weighted by molar-refractivity contribution is 8.05. The van der Waals surface area contributed by atoms with E-state index in [1.54, 1.807) is 17.8 Å². The number of nitrogens with zero attached hydrogens (tertiary/aromatic N) is 1. The molecule has 2 aliphatic rings. The maximum absolute atomic E-state index is 13.7. The molecule has 184 valence electrons. The number of carbonyl (C=O) groups is 1. The predicted octanol–water partition coefficient (Wildman–Crippen LogP) is 6.64. The van der Waals surface area contributed by atoms with Crippen LogP contribution in [0.3, 0.4) is 0 Å². The van der Waals surface area contributed by atoms with Crippen molar-refractivity contribution in [2.24, 2.45) is 5.92 Å². The molecule has 1 unspecified atom stereocenters. The van der Waals surface area contributed by atoms with Crippen LogP contribution in [0.5, 0.6) is 11.5 Å². The van der Waals surface area contributed by atoms with Gasteiger partial charge in [-0.1, -0.05) is 67.2 Å². The summed E-state index contributed by atoms with van der Waals surface area (Å²) in [7, 11) is 0.